The molecule has 0 spiro atoms. The lowest BCUT2D eigenvalue weighted by Crippen LogP contribution is -2.48. The number of rotatable bonds is 3. The van der Waals surface area contributed by atoms with Crippen molar-refractivity contribution in [2.45, 2.75) is 6.54 Å². The zero-order chi connectivity index (χ0) is 18.1. The summed E-state index contributed by atoms with van der Waals surface area (Å²) in [6.07, 6.45) is 0. The van der Waals surface area contributed by atoms with Crippen LogP contribution in [0.2, 0.25) is 10.3 Å². The molecule has 2 aliphatic rings. The summed E-state index contributed by atoms with van der Waals surface area (Å²) >= 11 is 11.8. The van der Waals surface area contributed by atoms with E-state index in [0.717, 1.165) is 31.1 Å². The van der Waals surface area contributed by atoms with E-state index in [4.69, 9.17) is 32.7 Å². The Labute approximate surface area is 161 Å². The van der Waals surface area contributed by atoms with Crippen LogP contribution in [-0.4, -0.2) is 53.7 Å². The summed E-state index contributed by atoms with van der Waals surface area (Å²) in [6, 6.07) is 9.20. The van der Waals surface area contributed by atoms with Crippen molar-refractivity contribution < 1.29 is 14.3 Å². The van der Waals surface area contributed by atoms with Crippen LogP contribution in [-0.2, 0) is 6.54 Å². The molecule has 1 aromatic heterocycles. The van der Waals surface area contributed by atoms with Gasteiger partial charge < -0.3 is 14.4 Å². The lowest BCUT2D eigenvalue weighted by Gasteiger charge is -2.34. The maximum atomic E-state index is 12.6. The lowest BCUT2D eigenvalue weighted by atomic mass is 10.1. The summed E-state index contributed by atoms with van der Waals surface area (Å²) in [7, 11) is 0. The molecule has 136 valence electrons. The molecular weight excluding hydrogens is 377 g/mol. The fourth-order valence-corrected chi connectivity index (χ4v) is 3.57. The number of amides is 1. The van der Waals surface area contributed by atoms with Crippen LogP contribution in [0.25, 0.3) is 0 Å². The highest BCUT2D eigenvalue weighted by molar-refractivity contribution is 6.34. The molecular formula is C18H17Cl2N3O3. The third-order valence-corrected chi connectivity index (χ3v) is 5.05. The largest absolute Gasteiger partial charge is 0.454 e. The standard InChI is InChI=1S/C18H17Cl2N3O3/c19-16-4-2-13(17(20)21-16)18(24)23-7-5-22(6-8-23)10-12-1-3-14-15(9-12)26-11-25-14/h1-4,9H,5-8,10-11H2. The van der Waals surface area contributed by atoms with Crippen LogP contribution in [0.5, 0.6) is 11.5 Å². The van der Waals surface area contributed by atoms with Crippen molar-refractivity contribution in [1.29, 1.82) is 0 Å². The summed E-state index contributed by atoms with van der Waals surface area (Å²) in [4.78, 5) is 20.7. The van der Waals surface area contributed by atoms with Gasteiger partial charge in [-0.25, -0.2) is 4.98 Å². The van der Waals surface area contributed by atoms with Gasteiger partial charge in [-0.2, -0.15) is 0 Å². The van der Waals surface area contributed by atoms with E-state index in [2.05, 4.69) is 9.88 Å². The number of carbonyl (C=O) groups excluding carboxylic acids is 1. The fraction of sp³-hybridized carbons (Fsp3) is 0.333. The Morgan fingerprint density at radius 1 is 1.04 bits per heavy atom. The van der Waals surface area contributed by atoms with Gasteiger partial charge >= 0.3 is 0 Å². The van der Waals surface area contributed by atoms with Gasteiger partial charge in [-0.1, -0.05) is 29.3 Å². The number of hydrogen-bond donors (Lipinski definition) is 0. The molecule has 0 aliphatic carbocycles. The highest BCUT2D eigenvalue weighted by atomic mass is 35.5. The second kappa shape index (κ2) is 7.31. The Morgan fingerprint density at radius 3 is 2.58 bits per heavy atom. The highest BCUT2D eigenvalue weighted by Crippen LogP contribution is 2.32. The van der Waals surface area contributed by atoms with Crippen LogP contribution >= 0.6 is 23.2 Å². The summed E-state index contributed by atoms with van der Waals surface area (Å²) in [6.45, 7) is 3.95. The number of aromatic nitrogens is 1. The molecule has 26 heavy (non-hydrogen) atoms. The summed E-state index contributed by atoms with van der Waals surface area (Å²) in [5.74, 6) is 1.47. The minimum Gasteiger partial charge on any atom is -0.454 e. The number of fused-ring (bicyclic) bond motifs is 1. The van der Waals surface area contributed by atoms with E-state index >= 15 is 0 Å². The van der Waals surface area contributed by atoms with Gasteiger partial charge in [0.25, 0.3) is 5.91 Å². The number of piperazine rings is 1. The van der Waals surface area contributed by atoms with Crippen molar-refractivity contribution in [2.24, 2.45) is 0 Å². The first kappa shape index (κ1) is 17.4. The molecule has 2 aliphatic heterocycles. The molecule has 0 N–H and O–H groups in total. The fourth-order valence-electron chi connectivity index (χ4n) is 3.15. The van der Waals surface area contributed by atoms with Gasteiger partial charge in [-0.15, -0.1) is 0 Å². The Balaban J connectivity index is 1.36. The topological polar surface area (TPSA) is 54.9 Å². The summed E-state index contributed by atoms with van der Waals surface area (Å²) in [5, 5.41) is 0.422. The number of hydrogen-bond acceptors (Lipinski definition) is 5. The first-order chi connectivity index (χ1) is 12.6. The third-order valence-electron chi connectivity index (χ3n) is 4.55. The van der Waals surface area contributed by atoms with Crippen molar-refractivity contribution >= 4 is 29.1 Å². The van der Waals surface area contributed by atoms with E-state index in [-0.39, 0.29) is 23.0 Å². The molecule has 1 saturated heterocycles. The predicted molar refractivity (Wildman–Crippen MR) is 98.0 cm³/mol. The van der Waals surface area contributed by atoms with Crippen LogP contribution in [0.1, 0.15) is 15.9 Å². The van der Waals surface area contributed by atoms with E-state index in [0.29, 0.717) is 18.7 Å². The van der Waals surface area contributed by atoms with Crippen LogP contribution in [0.3, 0.4) is 0 Å². The Kier molecular flexibility index (Phi) is 4.89. The average molecular weight is 394 g/mol. The maximum absolute atomic E-state index is 12.6. The smallest absolute Gasteiger partial charge is 0.257 e. The number of carbonyl (C=O) groups is 1. The number of nitrogens with zero attached hydrogens (tertiary/aromatic N) is 3. The minimum absolute atomic E-state index is 0.109. The number of benzene rings is 1. The van der Waals surface area contributed by atoms with E-state index in [1.807, 2.05) is 18.2 Å². The number of ether oxygens (including phenoxy) is 2. The highest BCUT2D eigenvalue weighted by Gasteiger charge is 2.24. The van der Waals surface area contributed by atoms with Crippen molar-refractivity contribution in [3.8, 4) is 11.5 Å². The van der Waals surface area contributed by atoms with E-state index in [9.17, 15) is 4.79 Å². The minimum atomic E-state index is -0.109. The third kappa shape index (κ3) is 3.58. The van der Waals surface area contributed by atoms with Gasteiger partial charge in [0.15, 0.2) is 11.5 Å². The molecule has 0 unspecified atom stereocenters. The van der Waals surface area contributed by atoms with Crippen molar-refractivity contribution in [2.75, 3.05) is 33.0 Å². The zero-order valence-corrected chi connectivity index (χ0v) is 15.5. The molecule has 1 fully saturated rings. The monoisotopic (exact) mass is 393 g/mol. The Morgan fingerprint density at radius 2 is 1.81 bits per heavy atom. The lowest BCUT2D eigenvalue weighted by molar-refractivity contribution is 0.0628. The normalized spacial score (nSPS) is 16.8. The van der Waals surface area contributed by atoms with Crippen molar-refractivity contribution in [1.82, 2.24) is 14.8 Å². The molecule has 0 saturated carbocycles. The molecule has 0 radical (unpaired) electrons. The van der Waals surface area contributed by atoms with Crippen LogP contribution in [0, 0.1) is 0 Å². The SMILES string of the molecule is O=C(c1ccc(Cl)nc1Cl)N1CCN(Cc2ccc3c(c2)OCO3)CC1. The molecule has 0 atom stereocenters. The van der Waals surface area contributed by atoms with E-state index < -0.39 is 0 Å². The molecule has 1 aromatic carbocycles. The Hall–Kier alpha value is -2.02. The number of pyridine rings is 1. The molecule has 6 nitrogen and oxygen atoms in total. The quantitative estimate of drug-likeness (QED) is 0.749. The van der Waals surface area contributed by atoms with Gasteiger partial charge in [0.1, 0.15) is 10.3 Å². The molecule has 0 bridgehead atoms. The first-order valence-corrected chi connectivity index (χ1v) is 9.08. The van der Waals surface area contributed by atoms with Gasteiger partial charge in [0, 0.05) is 32.7 Å². The molecule has 2 aromatic rings. The van der Waals surface area contributed by atoms with Crippen LogP contribution in [0.15, 0.2) is 30.3 Å². The van der Waals surface area contributed by atoms with Crippen molar-refractivity contribution in [3.05, 3.63) is 51.8 Å². The first-order valence-electron chi connectivity index (χ1n) is 8.32. The Bertz CT molecular complexity index is 838. The van der Waals surface area contributed by atoms with Crippen LogP contribution in [0.4, 0.5) is 0 Å². The van der Waals surface area contributed by atoms with E-state index in [1.165, 1.54) is 5.56 Å². The van der Waals surface area contributed by atoms with Gasteiger partial charge in [-0.05, 0) is 29.8 Å². The average Bonchev–Trinajstić information content (AvgIpc) is 3.10. The van der Waals surface area contributed by atoms with Gasteiger partial charge in [-0.3, -0.25) is 9.69 Å². The van der Waals surface area contributed by atoms with Gasteiger partial charge in [0.2, 0.25) is 6.79 Å². The summed E-state index contributed by atoms with van der Waals surface area (Å²) in [5.41, 5.74) is 1.55. The summed E-state index contributed by atoms with van der Waals surface area (Å²) < 4.78 is 10.8. The predicted octanol–water partition coefficient (Wildman–Crippen LogP) is 3.08. The van der Waals surface area contributed by atoms with Crippen LogP contribution < -0.4 is 9.47 Å². The molecule has 3 heterocycles. The maximum Gasteiger partial charge on any atom is 0.257 e. The van der Waals surface area contributed by atoms with Crippen molar-refractivity contribution in [3.63, 3.8) is 0 Å². The van der Waals surface area contributed by atoms with E-state index in [1.54, 1.807) is 17.0 Å². The molecule has 4 rings (SSSR count). The molecule has 8 heteroatoms. The second-order valence-corrected chi connectivity index (χ2v) is 6.97. The molecule has 1 amide bonds. The zero-order valence-electron chi connectivity index (χ0n) is 14.0. The second-order valence-electron chi connectivity index (χ2n) is 6.23. The van der Waals surface area contributed by atoms with Gasteiger partial charge in [0.05, 0.1) is 5.56 Å². The number of halogens is 2.